The average Bonchev–Trinajstić information content (AvgIpc) is 2.60. The molecule has 0 radical (unpaired) electrons. The zero-order valence-electron chi connectivity index (χ0n) is 13.1. The summed E-state index contributed by atoms with van der Waals surface area (Å²) in [5, 5.41) is 0. The minimum Gasteiger partial charge on any atom is -0.489 e. The predicted molar refractivity (Wildman–Crippen MR) is 89.9 cm³/mol. The van der Waals surface area contributed by atoms with Gasteiger partial charge in [0, 0.05) is 23.5 Å². The number of anilines is 1. The highest BCUT2D eigenvalue weighted by atomic mass is 19.4. The van der Waals surface area contributed by atoms with Crippen molar-refractivity contribution in [2.24, 2.45) is 0 Å². The lowest BCUT2D eigenvalue weighted by Crippen LogP contribution is -2.07. The lowest BCUT2D eigenvalue weighted by atomic mass is 10.1. The van der Waals surface area contributed by atoms with Gasteiger partial charge in [0.05, 0.1) is 0 Å². The number of hydrogen-bond donors (Lipinski definition) is 1. The van der Waals surface area contributed by atoms with Crippen LogP contribution in [0.3, 0.4) is 0 Å². The molecule has 0 spiro atoms. The normalized spacial score (nSPS) is 11.3. The van der Waals surface area contributed by atoms with E-state index in [1.807, 2.05) is 30.3 Å². The number of nitrogens with two attached hydrogens (primary N) is 1. The Balaban J connectivity index is 1.81. The number of pyridine rings is 1. The molecule has 0 atom stereocenters. The maximum atomic E-state index is 12.6. The lowest BCUT2D eigenvalue weighted by molar-refractivity contribution is -0.141. The maximum Gasteiger partial charge on any atom is 0.433 e. The summed E-state index contributed by atoms with van der Waals surface area (Å²) >= 11 is 0. The first kappa shape index (κ1) is 16.8. The Bertz CT molecular complexity index is 847. The predicted octanol–water partition coefficient (Wildman–Crippen LogP) is 4.93. The van der Waals surface area contributed by atoms with E-state index >= 15 is 0 Å². The Morgan fingerprint density at radius 1 is 0.920 bits per heavy atom. The van der Waals surface area contributed by atoms with E-state index in [9.17, 15) is 13.2 Å². The fourth-order valence-corrected chi connectivity index (χ4v) is 2.35. The number of aromatic nitrogens is 1. The van der Waals surface area contributed by atoms with Crippen LogP contribution in [0.4, 0.5) is 18.9 Å². The summed E-state index contributed by atoms with van der Waals surface area (Å²) in [6, 6.07) is 17.0. The topological polar surface area (TPSA) is 48.1 Å². The molecular weight excluding hydrogens is 329 g/mol. The molecule has 0 aliphatic carbocycles. The van der Waals surface area contributed by atoms with E-state index in [4.69, 9.17) is 10.5 Å². The van der Waals surface area contributed by atoms with Gasteiger partial charge in [-0.2, -0.15) is 13.2 Å². The van der Waals surface area contributed by atoms with E-state index in [0.29, 0.717) is 29.2 Å². The van der Waals surface area contributed by atoms with Crippen molar-refractivity contribution in [1.82, 2.24) is 4.98 Å². The number of benzene rings is 2. The van der Waals surface area contributed by atoms with Crippen LogP contribution < -0.4 is 10.5 Å². The van der Waals surface area contributed by atoms with Crippen LogP contribution in [0, 0.1) is 0 Å². The van der Waals surface area contributed by atoms with Gasteiger partial charge in [-0.15, -0.1) is 0 Å². The summed E-state index contributed by atoms with van der Waals surface area (Å²) in [4.78, 5) is 3.47. The summed E-state index contributed by atoms with van der Waals surface area (Å²) in [5.41, 5.74) is 7.59. The molecular formula is C19H15F3N2O. The Kier molecular flexibility index (Phi) is 4.61. The van der Waals surface area contributed by atoms with Crippen molar-refractivity contribution in [1.29, 1.82) is 0 Å². The molecule has 2 N–H and O–H groups in total. The minimum absolute atomic E-state index is 0.370. The first-order valence-electron chi connectivity index (χ1n) is 7.53. The van der Waals surface area contributed by atoms with E-state index in [2.05, 4.69) is 4.98 Å². The summed E-state index contributed by atoms with van der Waals surface area (Å²) < 4.78 is 43.6. The molecule has 2 aromatic carbocycles. The van der Waals surface area contributed by atoms with Crippen LogP contribution in [0.15, 0.2) is 66.9 Å². The van der Waals surface area contributed by atoms with Crippen LogP contribution in [-0.2, 0) is 12.8 Å². The van der Waals surface area contributed by atoms with Crippen molar-refractivity contribution in [2.45, 2.75) is 12.8 Å². The third-order valence-corrected chi connectivity index (χ3v) is 3.56. The monoisotopic (exact) mass is 344 g/mol. The van der Waals surface area contributed by atoms with Crippen molar-refractivity contribution in [2.75, 3.05) is 5.73 Å². The molecule has 1 heterocycles. The highest BCUT2D eigenvalue weighted by Gasteiger charge is 2.32. The van der Waals surface area contributed by atoms with Crippen molar-refractivity contribution >= 4 is 5.69 Å². The number of nitrogen functional groups attached to an aromatic ring is 1. The van der Waals surface area contributed by atoms with Gasteiger partial charge in [-0.25, -0.2) is 0 Å². The molecule has 0 saturated heterocycles. The minimum atomic E-state index is -4.46. The van der Waals surface area contributed by atoms with Crippen LogP contribution in [0.1, 0.15) is 11.3 Å². The first-order valence-corrected chi connectivity index (χ1v) is 7.53. The molecule has 6 heteroatoms. The van der Waals surface area contributed by atoms with Crippen molar-refractivity contribution < 1.29 is 17.9 Å². The van der Waals surface area contributed by atoms with E-state index in [0.717, 1.165) is 11.6 Å². The van der Waals surface area contributed by atoms with E-state index in [1.54, 1.807) is 18.2 Å². The summed E-state index contributed by atoms with van der Waals surface area (Å²) in [5.74, 6) is 0.541. The Morgan fingerprint density at radius 3 is 2.32 bits per heavy atom. The van der Waals surface area contributed by atoms with Crippen LogP contribution in [0.5, 0.6) is 5.75 Å². The molecule has 0 fully saturated rings. The van der Waals surface area contributed by atoms with Crippen LogP contribution in [-0.4, -0.2) is 4.98 Å². The van der Waals surface area contributed by atoms with Crippen molar-refractivity contribution in [3.63, 3.8) is 0 Å². The van der Waals surface area contributed by atoms with Gasteiger partial charge in [0.1, 0.15) is 18.1 Å². The van der Waals surface area contributed by atoms with Gasteiger partial charge in [-0.3, -0.25) is 4.98 Å². The molecule has 0 bridgehead atoms. The molecule has 0 amide bonds. The SMILES string of the molecule is Nc1cc(OCc2ccccc2)cc(-c2ccc(C(F)(F)F)nc2)c1. The Labute approximate surface area is 142 Å². The Hall–Kier alpha value is -3.02. The summed E-state index contributed by atoms with van der Waals surface area (Å²) in [6.07, 6.45) is -3.28. The number of rotatable bonds is 4. The Morgan fingerprint density at radius 2 is 1.68 bits per heavy atom. The quantitative estimate of drug-likeness (QED) is 0.683. The molecule has 3 rings (SSSR count). The molecule has 0 aliphatic heterocycles. The largest absolute Gasteiger partial charge is 0.489 e. The number of hydrogen-bond acceptors (Lipinski definition) is 3. The van der Waals surface area contributed by atoms with Gasteiger partial charge < -0.3 is 10.5 Å². The van der Waals surface area contributed by atoms with Gasteiger partial charge in [-0.05, 0) is 29.3 Å². The second kappa shape index (κ2) is 6.84. The smallest absolute Gasteiger partial charge is 0.433 e. The van der Waals surface area contributed by atoms with E-state index in [-0.39, 0.29) is 0 Å². The van der Waals surface area contributed by atoms with Gasteiger partial charge >= 0.3 is 6.18 Å². The summed E-state index contributed by atoms with van der Waals surface area (Å²) in [6.45, 7) is 0.370. The molecule has 25 heavy (non-hydrogen) atoms. The highest BCUT2D eigenvalue weighted by Crippen LogP contribution is 2.31. The maximum absolute atomic E-state index is 12.6. The molecule has 0 saturated carbocycles. The number of ether oxygens (including phenoxy) is 1. The van der Waals surface area contributed by atoms with Crippen LogP contribution in [0.25, 0.3) is 11.1 Å². The van der Waals surface area contributed by atoms with Gasteiger partial charge in [0.2, 0.25) is 0 Å². The van der Waals surface area contributed by atoms with Gasteiger partial charge in [0.15, 0.2) is 0 Å². The summed E-state index contributed by atoms with van der Waals surface area (Å²) in [7, 11) is 0. The van der Waals surface area contributed by atoms with Crippen molar-refractivity contribution in [3.05, 3.63) is 78.1 Å². The molecule has 0 aliphatic rings. The number of alkyl halides is 3. The second-order valence-corrected chi connectivity index (χ2v) is 5.49. The van der Waals surface area contributed by atoms with E-state index < -0.39 is 11.9 Å². The molecule has 1 aromatic heterocycles. The van der Waals surface area contributed by atoms with Crippen LogP contribution >= 0.6 is 0 Å². The average molecular weight is 344 g/mol. The number of nitrogens with zero attached hydrogens (tertiary/aromatic N) is 1. The zero-order valence-corrected chi connectivity index (χ0v) is 13.1. The molecule has 3 nitrogen and oxygen atoms in total. The number of halogens is 3. The molecule has 128 valence electrons. The third-order valence-electron chi connectivity index (χ3n) is 3.56. The molecule has 3 aromatic rings. The van der Waals surface area contributed by atoms with Crippen LogP contribution in [0.2, 0.25) is 0 Å². The molecule has 0 unspecified atom stereocenters. The fraction of sp³-hybridized carbons (Fsp3) is 0.105. The van der Waals surface area contributed by atoms with E-state index in [1.165, 1.54) is 12.3 Å². The lowest BCUT2D eigenvalue weighted by Gasteiger charge is -2.11. The zero-order chi connectivity index (χ0) is 17.9. The van der Waals surface area contributed by atoms with Gasteiger partial charge in [-0.1, -0.05) is 36.4 Å². The van der Waals surface area contributed by atoms with Crippen molar-refractivity contribution in [3.8, 4) is 16.9 Å². The highest BCUT2D eigenvalue weighted by molar-refractivity contribution is 5.69. The second-order valence-electron chi connectivity index (χ2n) is 5.49. The standard InChI is InChI=1S/C19H15F3N2O/c20-19(21,22)18-7-6-14(11-24-18)15-8-16(23)10-17(9-15)25-12-13-4-2-1-3-5-13/h1-11H,12,23H2. The fourth-order valence-electron chi connectivity index (χ4n) is 2.35. The third kappa shape index (κ3) is 4.29. The first-order chi connectivity index (χ1) is 11.9. The van der Waals surface area contributed by atoms with Gasteiger partial charge in [0.25, 0.3) is 0 Å².